The molecule has 0 spiro atoms. The number of nitrogens with one attached hydrogen (secondary N) is 2. The molecule has 8 nitrogen and oxygen atoms in total. The predicted molar refractivity (Wildman–Crippen MR) is 124 cm³/mol. The van der Waals surface area contributed by atoms with Crippen molar-refractivity contribution in [2.24, 2.45) is 0 Å². The Morgan fingerprint density at radius 2 is 1.92 bits per heavy atom. The summed E-state index contributed by atoms with van der Waals surface area (Å²) in [6.07, 6.45) is -7.74. The molecule has 1 unspecified atom stereocenters. The van der Waals surface area contributed by atoms with Gasteiger partial charge in [-0.25, -0.2) is 27.5 Å². The van der Waals surface area contributed by atoms with Crippen LogP contribution in [-0.2, 0) is 0 Å². The minimum Gasteiger partial charge on any atom is -0.389 e. The van der Waals surface area contributed by atoms with E-state index in [9.17, 15) is 45.4 Å². The van der Waals surface area contributed by atoms with E-state index in [1.807, 2.05) is 5.32 Å². The van der Waals surface area contributed by atoms with E-state index in [0.717, 1.165) is 11.1 Å². The summed E-state index contributed by atoms with van der Waals surface area (Å²) in [6.45, 7) is 1.44. The average molecular weight is 572 g/mol. The Labute approximate surface area is 216 Å². The highest BCUT2D eigenvalue weighted by atomic mass is 32.1. The van der Waals surface area contributed by atoms with E-state index < -0.39 is 84.1 Å². The molecule has 16 heteroatoms. The Morgan fingerprint density at radius 3 is 2.45 bits per heavy atom. The summed E-state index contributed by atoms with van der Waals surface area (Å²) in [4.78, 5) is 34.1. The molecule has 2 aromatic rings. The smallest absolute Gasteiger partial charge is 0.389 e. The molecule has 2 aromatic heterocycles. The van der Waals surface area contributed by atoms with Crippen molar-refractivity contribution in [2.45, 2.75) is 57.4 Å². The van der Waals surface area contributed by atoms with E-state index in [-0.39, 0.29) is 16.4 Å². The molecule has 1 atom stereocenters. The van der Waals surface area contributed by atoms with Gasteiger partial charge in [-0.1, -0.05) is 0 Å². The number of hydrogen-bond donors (Lipinski definition) is 3. The maximum Gasteiger partial charge on any atom is 0.405 e. The lowest BCUT2D eigenvalue weighted by atomic mass is 10.1. The van der Waals surface area contributed by atoms with Gasteiger partial charge in [-0.2, -0.15) is 13.2 Å². The molecule has 38 heavy (non-hydrogen) atoms. The largest absolute Gasteiger partial charge is 0.405 e. The van der Waals surface area contributed by atoms with Crippen LogP contribution in [0.2, 0.25) is 0 Å². The molecule has 0 radical (unpaired) electrons. The number of halogens is 7. The van der Waals surface area contributed by atoms with Gasteiger partial charge in [-0.05, 0) is 26.8 Å². The molecule has 3 N–H and O–H groups in total. The second-order valence-corrected chi connectivity index (χ2v) is 10.5. The van der Waals surface area contributed by atoms with E-state index in [1.54, 1.807) is 0 Å². The van der Waals surface area contributed by atoms with Gasteiger partial charge in [0.25, 0.3) is 24.2 Å². The molecule has 1 aliphatic heterocycles. The van der Waals surface area contributed by atoms with Crippen LogP contribution in [0.4, 0.5) is 36.6 Å². The number of carbonyl (C=O) groups excluding carboxylic acids is 2. The fraction of sp³-hybridized carbons (Fsp3) is 0.545. The van der Waals surface area contributed by atoms with Crippen molar-refractivity contribution < 1.29 is 45.4 Å². The van der Waals surface area contributed by atoms with Crippen LogP contribution in [0.5, 0.6) is 0 Å². The topological polar surface area (TPSA) is 107 Å². The fourth-order valence-corrected chi connectivity index (χ4v) is 4.67. The minimum atomic E-state index is -4.65. The Morgan fingerprint density at radius 1 is 1.26 bits per heavy atom. The lowest BCUT2D eigenvalue weighted by molar-refractivity contribution is -0.115. The molecule has 1 fully saturated rings. The molecule has 0 bridgehead atoms. The summed E-state index contributed by atoms with van der Waals surface area (Å²) in [5, 5.41) is 13.7. The third-order valence-corrected chi connectivity index (χ3v) is 6.47. The van der Waals surface area contributed by atoms with Crippen molar-refractivity contribution >= 4 is 29.0 Å². The van der Waals surface area contributed by atoms with E-state index in [4.69, 9.17) is 0 Å². The number of thiazole rings is 1. The quantitative estimate of drug-likeness (QED) is 0.404. The van der Waals surface area contributed by atoms with Crippen molar-refractivity contribution in [3.05, 3.63) is 28.5 Å². The number of carbonyl (C=O) groups is 2. The van der Waals surface area contributed by atoms with Crippen LogP contribution in [0.25, 0.3) is 10.4 Å². The first kappa shape index (κ1) is 29.5. The monoisotopic (exact) mass is 571 g/mol. The van der Waals surface area contributed by atoms with Gasteiger partial charge >= 0.3 is 6.18 Å². The standard InChI is InChI=1S/C22H24F7N5O3S/c1-10-5-21(25,26)9-34(10)19(36)14-15(38-18(33-14)17(35)32-7-20(2,3)37)12-6-30-13(4-11(12)16(23)24)31-8-22(27,28)29/h4,6,10,16,37H,5,7-9H2,1-3H3,(H,30,31)(H,32,35). The van der Waals surface area contributed by atoms with Crippen molar-refractivity contribution in [1.82, 2.24) is 20.2 Å². The number of anilines is 1. The highest BCUT2D eigenvalue weighted by molar-refractivity contribution is 7.17. The Balaban J connectivity index is 2.08. The molecule has 0 aromatic carbocycles. The lowest BCUT2D eigenvalue weighted by Crippen LogP contribution is -2.38. The molecular weight excluding hydrogens is 547 g/mol. The van der Waals surface area contributed by atoms with Crippen LogP contribution < -0.4 is 10.6 Å². The van der Waals surface area contributed by atoms with Gasteiger partial charge in [0.15, 0.2) is 5.01 Å². The molecule has 2 amide bonds. The van der Waals surface area contributed by atoms with Crippen molar-refractivity contribution in [2.75, 3.05) is 25.0 Å². The summed E-state index contributed by atoms with van der Waals surface area (Å²) in [7, 11) is 0. The molecule has 1 saturated heterocycles. The molecule has 210 valence electrons. The third kappa shape index (κ3) is 7.30. The molecule has 3 rings (SSSR count). The molecule has 0 saturated carbocycles. The van der Waals surface area contributed by atoms with Crippen molar-refractivity contribution in [3.8, 4) is 10.4 Å². The first-order chi connectivity index (χ1) is 17.4. The number of aliphatic hydroxyl groups is 1. The van der Waals surface area contributed by atoms with Gasteiger partial charge in [0.2, 0.25) is 0 Å². The van der Waals surface area contributed by atoms with Crippen LogP contribution >= 0.6 is 11.3 Å². The maximum absolute atomic E-state index is 14.0. The highest BCUT2D eigenvalue weighted by Gasteiger charge is 2.46. The minimum absolute atomic E-state index is 0.233. The van der Waals surface area contributed by atoms with Gasteiger partial charge in [0, 0.05) is 36.3 Å². The number of amides is 2. The van der Waals surface area contributed by atoms with Crippen molar-refractivity contribution in [3.63, 3.8) is 0 Å². The number of pyridine rings is 1. The Kier molecular flexibility index (Phi) is 8.27. The van der Waals surface area contributed by atoms with E-state index in [2.05, 4.69) is 15.3 Å². The van der Waals surface area contributed by atoms with Gasteiger partial charge in [-0.3, -0.25) is 9.59 Å². The molecule has 1 aliphatic rings. The van der Waals surface area contributed by atoms with Gasteiger partial charge in [0.1, 0.15) is 18.1 Å². The normalized spacial score (nSPS) is 17.7. The average Bonchev–Trinajstić information content (AvgIpc) is 3.34. The van der Waals surface area contributed by atoms with Crippen LogP contribution in [0.3, 0.4) is 0 Å². The second-order valence-electron chi connectivity index (χ2n) is 9.46. The van der Waals surface area contributed by atoms with Gasteiger partial charge < -0.3 is 20.6 Å². The van der Waals surface area contributed by atoms with E-state index in [1.165, 1.54) is 20.8 Å². The van der Waals surface area contributed by atoms with Crippen LogP contribution in [0.1, 0.15) is 59.5 Å². The number of likely N-dealkylation sites (tertiary alicyclic amines) is 1. The van der Waals surface area contributed by atoms with Crippen LogP contribution in [-0.4, -0.2) is 75.2 Å². The zero-order valence-corrected chi connectivity index (χ0v) is 21.1. The van der Waals surface area contributed by atoms with Gasteiger partial charge in [-0.15, -0.1) is 11.3 Å². The SMILES string of the molecule is CC1CC(F)(F)CN1C(=O)c1nc(C(=O)NCC(C)(C)O)sc1-c1cnc(NCC(F)(F)F)cc1C(F)F. The van der Waals surface area contributed by atoms with E-state index in [0.29, 0.717) is 17.4 Å². The van der Waals surface area contributed by atoms with Crippen LogP contribution in [0.15, 0.2) is 12.3 Å². The summed E-state index contributed by atoms with van der Waals surface area (Å²) in [5.41, 5.74) is -3.10. The second kappa shape index (κ2) is 10.6. The number of hydrogen-bond acceptors (Lipinski definition) is 7. The zero-order chi connectivity index (χ0) is 28.6. The number of aromatic nitrogens is 2. The first-order valence-electron chi connectivity index (χ1n) is 11.2. The summed E-state index contributed by atoms with van der Waals surface area (Å²) in [5.74, 6) is -5.62. The first-order valence-corrected chi connectivity index (χ1v) is 12.0. The molecular formula is C22H24F7N5O3S. The van der Waals surface area contributed by atoms with Crippen LogP contribution in [0, 0.1) is 0 Å². The Bertz CT molecular complexity index is 1200. The number of nitrogens with zero attached hydrogens (tertiary/aromatic N) is 3. The van der Waals surface area contributed by atoms with Crippen molar-refractivity contribution in [1.29, 1.82) is 0 Å². The zero-order valence-electron chi connectivity index (χ0n) is 20.3. The fourth-order valence-electron chi connectivity index (χ4n) is 3.67. The molecule has 3 heterocycles. The molecule has 0 aliphatic carbocycles. The van der Waals surface area contributed by atoms with E-state index >= 15 is 0 Å². The summed E-state index contributed by atoms with van der Waals surface area (Å²) < 4.78 is 93.5. The predicted octanol–water partition coefficient (Wildman–Crippen LogP) is 4.49. The highest BCUT2D eigenvalue weighted by Crippen LogP contribution is 2.40. The Hall–Kier alpha value is -3.01. The summed E-state index contributed by atoms with van der Waals surface area (Å²) >= 11 is 0.501. The number of rotatable bonds is 8. The maximum atomic E-state index is 14.0. The summed E-state index contributed by atoms with van der Waals surface area (Å²) in [6, 6.07) is -0.262. The third-order valence-electron chi connectivity index (χ3n) is 5.38. The van der Waals surface area contributed by atoms with Gasteiger partial charge in [0.05, 0.1) is 17.0 Å². The lowest BCUT2D eigenvalue weighted by Gasteiger charge is -2.20. The number of alkyl halides is 7.